The molecule has 0 saturated heterocycles. The van der Waals surface area contributed by atoms with E-state index in [-0.39, 0.29) is 23.0 Å². The molecule has 4 aliphatic carbocycles. The van der Waals surface area contributed by atoms with Crippen LogP contribution in [-0.2, 0) is 0 Å². The molecular formula is C20H32O2. The van der Waals surface area contributed by atoms with Crippen LogP contribution in [0.4, 0.5) is 0 Å². The fourth-order valence-electron chi connectivity index (χ4n) is 7.00. The van der Waals surface area contributed by atoms with Crippen molar-refractivity contribution in [1.82, 2.24) is 0 Å². The highest BCUT2D eigenvalue weighted by Crippen LogP contribution is 2.70. The molecule has 0 heterocycles. The molecule has 3 fully saturated rings. The van der Waals surface area contributed by atoms with Gasteiger partial charge in [-0.1, -0.05) is 32.4 Å². The minimum atomic E-state index is -0.117. The van der Waals surface area contributed by atoms with E-state index in [4.69, 9.17) is 0 Å². The molecule has 124 valence electrons. The number of hydrogen-bond donors (Lipinski definition) is 2. The molecule has 0 aromatic carbocycles. The Morgan fingerprint density at radius 1 is 0.909 bits per heavy atom. The molecular weight excluding hydrogens is 272 g/mol. The second kappa shape index (κ2) is 4.60. The van der Waals surface area contributed by atoms with Gasteiger partial charge in [0.25, 0.3) is 0 Å². The standard InChI is InChI=1S/C20H32O2/c1-18-9-6-14(21)12-13(18)4-5-16-15(18)7-10-20(3)17(22)8-11-19(16,20)2/h4,14-17,21-22H,5-12H2,1-3H3. The molecule has 4 rings (SSSR count). The molecule has 0 aliphatic heterocycles. The lowest BCUT2D eigenvalue weighted by molar-refractivity contribution is -0.124. The lowest BCUT2D eigenvalue weighted by Crippen LogP contribution is -2.56. The first kappa shape index (κ1) is 15.2. The fourth-order valence-corrected chi connectivity index (χ4v) is 7.00. The van der Waals surface area contributed by atoms with Gasteiger partial charge in [-0.05, 0) is 79.4 Å². The second-order valence-electron chi connectivity index (χ2n) is 9.42. The van der Waals surface area contributed by atoms with Gasteiger partial charge in [-0.15, -0.1) is 0 Å². The van der Waals surface area contributed by atoms with Crippen molar-refractivity contribution in [3.8, 4) is 0 Å². The van der Waals surface area contributed by atoms with E-state index in [0.29, 0.717) is 11.3 Å². The van der Waals surface area contributed by atoms with Crippen molar-refractivity contribution >= 4 is 0 Å². The summed E-state index contributed by atoms with van der Waals surface area (Å²) in [5.74, 6) is 1.47. The van der Waals surface area contributed by atoms with E-state index in [1.807, 2.05) is 0 Å². The number of rotatable bonds is 0. The molecule has 7 unspecified atom stereocenters. The summed E-state index contributed by atoms with van der Waals surface area (Å²) < 4.78 is 0. The van der Waals surface area contributed by atoms with Gasteiger partial charge in [0.2, 0.25) is 0 Å². The Labute approximate surface area is 135 Å². The Morgan fingerprint density at radius 2 is 1.64 bits per heavy atom. The molecule has 2 nitrogen and oxygen atoms in total. The minimum Gasteiger partial charge on any atom is -0.393 e. The van der Waals surface area contributed by atoms with Crippen LogP contribution in [0.3, 0.4) is 0 Å². The molecule has 0 aromatic rings. The van der Waals surface area contributed by atoms with E-state index in [1.165, 1.54) is 25.7 Å². The van der Waals surface area contributed by atoms with Gasteiger partial charge >= 0.3 is 0 Å². The van der Waals surface area contributed by atoms with Crippen LogP contribution in [0.15, 0.2) is 11.6 Å². The number of fused-ring (bicyclic) bond motifs is 5. The van der Waals surface area contributed by atoms with Crippen molar-refractivity contribution < 1.29 is 10.2 Å². The molecule has 7 atom stereocenters. The maximum Gasteiger partial charge on any atom is 0.0599 e. The maximum absolute atomic E-state index is 10.6. The Bertz CT molecular complexity index is 512. The number of hydrogen-bond acceptors (Lipinski definition) is 2. The zero-order chi connectivity index (χ0) is 15.8. The zero-order valence-electron chi connectivity index (χ0n) is 14.4. The van der Waals surface area contributed by atoms with Crippen LogP contribution in [-0.4, -0.2) is 22.4 Å². The molecule has 0 amide bonds. The van der Waals surface area contributed by atoms with Crippen LogP contribution >= 0.6 is 0 Å². The normalized spacial score (nSPS) is 57.6. The minimum absolute atomic E-state index is 0.107. The summed E-state index contributed by atoms with van der Waals surface area (Å²) in [5, 5.41) is 20.7. The Kier molecular flexibility index (Phi) is 3.18. The maximum atomic E-state index is 10.6. The van der Waals surface area contributed by atoms with Gasteiger partial charge < -0.3 is 10.2 Å². The lowest BCUT2D eigenvalue weighted by Gasteiger charge is -2.62. The van der Waals surface area contributed by atoms with Gasteiger partial charge in [0.05, 0.1) is 12.2 Å². The van der Waals surface area contributed by atoms with Gasteiger partial charge in [-0.2, -0.15) is 0 Å². The molecule has 22 heavy (non-hydrogen) atoms. The Morgan fingerprint density at radius 3 is 2.41 bits per heavy atom. The Balaban J connectivity index is 1.73. The molecule has 0 spiro atoms. The van der Waals surface area contributed by atoms with Crippen LogP contribution < -0.4 is 0 Å². The highest BCUT2D eigenvalue weighted by atomic mass is 16.3. The number of allylic oxidation sites excluding steroid dienone is 1. The van der Waals surface area contributed by atoms with E-state index < -0.39 is 0 Å². The topological polar surface area (TPSA) is 40.5 Å². The molecule has 0 aromatic heterocycles. The van der Waals surface area contributed by atoms with Gasteiger partial charge in [0.15, 0.2) is 0 Å². The monoisotopic (exact) mass is 304 g/mol. The summed E-state index contributed by atoms with van der Waals surface area (Å²) in [4.78, 5) is 0. The summed E-state index contributed by atoms with van der Waals surface area (Å²) in [6.07, 6.45) is 11.1. The van der Waals surface area contributed by atoms with Gasteiger partial charge in [0.1, 0.15) is 0 Å². The zero-order valence-corrected chi connectivity index (χ0v) is 14.4. The van der Waals surface area contributed by atoms with Crippen molar-refractivity contribution in [1.29, 1.82) is 0 Å². The van der Waals surface area contributed by atoms with Crippen LogP contribution in [0.25, 0.3) is 0 Å². The first-order valence-corrected chi connectivity index (χ1v) is 9.37. The van der Waals surface area contributed by atoms with Crippen molar-refractivity contribution in [3.63, 3.8) is 0 Å². The molecule has 0 radical (unpaired) electrons. The van der Waals surface area contributed by atoms with Crippen molar-refractivity contribution in [2.75, 3.05) is 0 Å². The fraction of sp³-hybridized carbons (Fsp3) is 0.900. The summed E-state index contributed by atoms with van der Waals surface area (Å²) in [7, 11) is 0. The van der Waals surface area contributed by atoms with Crippen LogP contribution in [0.1, 0.15) is 72.1 Å². The third-order valence-electron chi connectivity index (χ3n) is 8.88. The highest BCUT2D eigenvalue weighted by molar-refractivity contribution is 5.26. The average molecular weight is 304 g/mol. The third-order valence-corrected chi connectivity index (χ3v) is 8.88. The van der Waals surface area contributed by atoms with E-state index in [1.54, 1.807) is 5.57 Å². The molecule has 4 aliphatic rings. The SMILES string of the molecule is CC12CCC(O)CC1=CCC1C2CCC2(C)C(O)CCC12C. The summed E-state index contributed by atoms with van der Waals surface area (Å²) >= 11 is 0. The van der Waals surface area contributed by atoms with E-state index in [2.05, 4.69) is 26.8 Å². The smallest absolute Gasteiger partial charge is 0.0599 e. The van der Waals surface area contributed by atoms with Crippen molar-refractivity contribution in [3.05, 3.63) is 11.6 Å². The van der Waals surface area contributed by atoms with Crippen LogP contribution in [0, 0.1) is 28.1 Å². The summed E-state index contributed by atoms with van der Waals surface area (Å²) in [6, 6.07) is 0. The molecule has 2 heteroatoms. The third kappa shape index (κ3) is 1.69. The molecule has 3 saturated carbocycles. The molecule has 2 N–H and O–H groups in total. The second-order valence-corrected chi connectivity index (χ2v) is 9.42. The van der Waals surface area contributed by atoms with Gasteiger partial charge in [-0.25, -0.2) is 0 Å². The summed E-state index contributed by atoms with van der Waals surface area (Å²) in [6.45, 7) is 7.30. The number of aliphatic hydroxyl groups excluding tert-OH is 2. The van der Waals surface area contributed by atoms with Crippen molar-refractivity contribution in [2.24, 2.45) is 28.1 Å². The highest BCUT2D eigenvalue weighted by Gasteiger charge is 2.64. The van der Waals surface area contributed by atoms with E-state index >= 15 is 0 Å². The van der Waals surface area contributed by atoms with Crippen LogP contribution in [0.5, 0.6) is 0 Å². The molecule has 0 bridgehead atoms. The van der Waals surface area contributed by atoms with Gasteiger partial charge in [0, 0.05) is 0 Å². The Hall–Kier alpha value is -0.340. The first-order valence-electron chi connectivity index (χ1n) is 9.37. The quantitative estimate of drug-likeness (QED) is 0.663. The predicted octanol–water partition coefficient (Wildman–Crippen LogP) is 4.06. The largest absolute Gasteiger partial charge is 0.393 e. The summed E-state index contributed by atoms with van der Waals surface area (Å²) in [5.41, 5.74) is 2.25. The lowest BCUT2D eigenvalue weighted by atomic mass is 9.43. The van der Waals surface area contributed by atoms with Crippen molar-refractivity contribution in [2.45, 2.75) is 84.3 Å². The van der Waals surface area contributed by atoms with Crippen LogP contribution in [0.2, 0.25) is 0 Å². The average Bonchev–Trinajstić information content (AvgIpc) is 2.72. The van der Waals surface area contributed by atoms with E-state index in [0.717, 1.165) is 31.6 Å². The van der Waals surface area contributed by atoms with E-state index in [9.17, 15) is 10.2 Å². The van der Waals surface area contributed by atoms with Gasteiger partial charge in [-0.3, -0.25) is 0 Å². The number of aliphatic hydroxyl groups is 2. The first-order chi connectivity index (χ1) is 10.3. The predicted molar refractivity (Wildman–Crippen MR) is 88.3 cm³/mol.